The molecule has 0 fully saturated rings. The number of hydrogen-bond acceptors (Lipinski definition) is 2. The first kappa shape index (κ1) is 15.3. The van der Waals surface area contributed by atoms with E-state index in [1.54, 1.807) is 0 Å². The average molecular weight is 278 g/mol. The fourth-order valence-corrected chi connectivity index (χ4v) is 1.07. The Labute approximate surface area is 96.1 Å². The van der Waals surface area contributed by atoms with Gasteiger partial charge >= 0.3 is 0 Å². The van der Waals surface area contributed by atoms with Crippen molar-refractivity contribution in [1.29, 1.82) is 0 Å². The van der Waals surface area contributed by atoms with Gasteiger partial charge in [-0.1, -0.05) is 6.07 Å². The van der Waals surface area contributed by atoms with Crippen LogP contribution < -0.4 is 0 Å². The van der Waals surface area contributed by atoms with E-state index < -0.39 is 0 Å². The Morgan fingerprint density at radius 1 is 0.929 bits per heavy atom. The molecule has 0 amide bonds. The molecule has 0 aliphatic heterocycles. The van der Waals surface area contributed by atoms with Gasteiger partial charge in [-0.2, -0.15) is 17.5 Å². The molecule has 14 heavy (non-hydrogen) atoms. The van der Waals surface area contributed by atoms with Gasteiger partial charge in [-0.05, 0) is 0 Å². The van der Waals surface area contributed by atoms with Crippen LogP contribution in [0.1, 0.15) is 0 Å². The Balaban J connectivity index is 0. The molecule has 2 rings (SSSR count). The van der Waals surface area contributed by atoms with Crippen LogP contribution >= 0.6 is 0 Å². The number of hydrogen-bond donors (Lipinski definition) is 0. The maximum absolute atomic E-state index is 8.00. The minimum atomic E-state index is 0. The van der Waals surface area contributed by atoms with Gasteiger partial charge in [0.15, 0.2) is 0 Å². The number of carbonyl (C=O) groups excluding carboxylic acids is 2. The summed E-state index contributed by atoms with van der Waals surface area (Å²) >= 11 is 0. The molecule has 0 aromatic heterocycles. The largest absolute Gasteiger partial charge is 0.307 e. The van der Waals surface area contributed by atoms with Crippen LogP contribution in [-0.2, 0) is 29.1 Å². The van der Waals surface area contributed by atoms with Crippen molar-refractivity contribution >= 4 is 24.4 Å². The van der Waals surface area contributed by atoms with Crippen LogP contribution in [-0.4, -0.2) is 13.6 Å². The predicted octanol–water partition coefficient (Wildman–Crippen LogP) is 2.19. The zero-order chi connectivity index (χ0) is 10.1. The average Bonchev–Trinajstić information content (AvgIpc) is 2.71. The third kappa shape index (κ3) is 4.15. The van der Waals surface area contributed by atoms with Gasteiger partial charge in [-0.15, -0.1) is 29.7 Å². The Hall–Kier alpha value is -1.21. The molecular weight excluding hydrogens is 267 g/mol. The van der Waals surface area contributed by atoms with Crippen molar-refractivity contribution in [2.45, 2.75) is 0 Å². The topological polar surface area (TPSA) is 34.1 Å². The van der Waals surface area contributed by atoms with Gasteiger partial charge in [-0.25, -0.2) is 0 Å². The van der Waals surface area contributed by atoms with E-state index in [2.05, 4.69) is 42.5 Å². The number of fused-ring (bicyclic) bond motifs is 1. The molecule has 0 unspecified atom stereocenters. The predicted molar refractivity (Wildman–Crippen MR) is 53.8 cm³/mol. The summed E-state index contributed by atoms with van der Waals surface area (Å²) in [5, 5.41) is 2.66. The van der Waals surface area contributed by atoms with Gasteiger partial charge in [0.05, 0.1) is 0 Å². The van der Waals surface area contributed by atoms with E-state index in [-0.39, 0.29) is 19.5 Å². The van der Waals surface area contributed by atoms with Gasteiger partial charge in [0, 0.05) is 19.5 Å². The van der Waals surface area contributed by atoms with Crippen LogP contribution in [0.5, 0.6) is 0 Å². The molecule has 0 saturated heterocycles. The molecule has 0 spiro atoms. The summed E-state index contributed by atoms with van der Waals surface area (Å²) in [6.07, 6.45) is 0. The second kappa shape index (κ2) is 9.88. The Morgan fingerprint density at radius 2 is 1.50 bits per heavy atom. The van der Waals surface area contributed by atoms with Crippen molar-refractivity contribution < 1.29 is 29.1 Å². The van der Waals surface area contributed by atoms with Crippen LogP contribution in [0.3, 0.4) is 0 Å². The van der Waals surface area contributed by atoms with Crippen molar-refractivity contribution in [3.63, 3.8) is 0 Å². The zero-order valence-corrected chi connectivity index (χ0v) is 9.24. The Kier molecular flexibility index (Phi) is 10.8. The van der Waals surface area contributed by atoms with Crippen molar-refractivity contribution in [1.82, 2.24) is 0 Å². The van der Waals surface area contributed by atoms with E-state index in [0.717, 1.165) is 0 Å². The maximum Gasteiger partial charge on any atom is 0.106 e. The minimum Gasteiger partial charge on any atom is -0.307 e. The second-order valence-corrected chi connectivity index (χ2v) is 2.15. The smallest absolute Gasteiger partial charge is 0.106 e. The molecule has 0 saturated carbocycles. The zero-order valence-electron chi connectivity index (χ0n) is 7.61. The molecule has 1 radical (unpaired) electrons. The molecule has 0 heterocycles. The van der Waals surface area contributed by atoms with Gasteiger partial charge in [0.2, 0.25) is 0 Å². The molecule has 0 N–H and O–H groups in total. The van der Waals surface area contributed by atoms with Gasteiger partial charge in [0.1, 0.15) is 13.6 Å². The van der Waals surface area contributed by atoms with E-state index in [0.29, 0.717) is 0 Å². The van der Waals surface area contributed by atoms with Crippen LogP contribution in [0.25, 0.3) is 10.8 Å². The number of benzene rings is 1. The van der Waals surface area contributed by atoms with Crippen molar-refractivity contribution in [2.24, 2.45) is 0 Å². The first-order valence-electron chi connectivity index (χ1n) is 3.65. The first-order valence-corrected chi connectivity index (χ1v) is 3.65. The Morgan fingerprint density at radius 3 is 2.07 bits per heavy atom. The quantitative estimate of drug-likeness (QED) is 0.547. The van der Waals surface area contributed by atoms with Gasteiger partial charge < -0.3 is 9.59 Å². The monoisotopic (exact) mass is 278 g/mol. The molecule has 0 atom stereocenters. The standard InChI is InChI=1S/C9H7.2CH2O.Rh/c1-2-5-9-7-3-6-8(9)4-1;2*1-2;/h1-7H;2*1H2;/q-1;;;. The van der Waals surface area contributed by atoms with Crippen molar-refractivity contribution in [3.05, 3.63) is 42.5 Å². The SMILES string of the molecule is C=O.C=O.[Rh].c1ccc2[cH-]ccc2c1. The molecule has 3 heteroatoms. The van der Waals surface area contributed by atoms with E-state index in [1.807, 2.05) is 13.6 Å². The molecule has 2 aromatic carbocycles. The first-order chi connectivity index (χ1) is 6.47. The molecular formula is C11H11O2Rh-. The molecule has 0 aliphatic carbocycles. The third-order valence-electron chi connectivity index (χ3n) is 1.55. The molecule has 77 valence electrons. The fourth-order valence-electron chi connectivity index (χ4n) is 1.07. The fraction of sp³-hybridized carbons (Fsp3) is 0. The number of rotatable bonds is 0. The summed E-state index contributed by atoms with van der Waals surface area (Å²) in [5.74, 6) is 0. The van der Waals surface area contributed by atoms with Crippen LogP contribution in [0.15, 0.2) is 42.5 Å². The summed E-state index contributed by atoms with van der Waals surface area (Å²) in [4.78, 5) is 16.0. The van der Waals surface area contributed by atoms with Crippen LogP contribution in [0.4, 0.5) is 0 Å². The van der Waals surface area contributed by atoms with E-state index in [1.165, 1.54) is 10.8 Å². The summed E-state index contributed by atoms with van der Waals surface area (Å²) < 4.78 is 0. The summed E-state index contributed by atoms with van der Waals surface area (Å²) in [6, 6.07) is 14.7. The molecule has 2 nitrogen and oxygen atoms in total. The van der Waals surface area contributed by atoms with Gasteiger partial charge in [0.25, 0.3) is 0 Å². The summed E-state index contributed by atoms with van der Waals surface area (Å²) in [5.41, 5.74) is 0. The molecule has 0 bridgehead atoms. The van der Waals surface area contributed by atoms with Crippen molar-refractivity contribution in [2.75, 3.05) is 0 Å². The third-order valence-corrected chi connectivity index (χ3v) is 1.55. The second-order valence-electron chi connectivity index (χ2n) is 2.15. The molecule has 2 aromatic rings. The molecule has 0 aliphatic rings. The normalized spacial score (nSPS) is 7.14. The van der Waals surface area contributed by atoms with E-state index in [4.69, 9.17) is 9.59 Å². The van der Waals surface area contributed by atoms with Crippen LogP contribution in [0, 0.1) is 0 Å². The van der Waals surface area contributed by atoms with Gasteiger partial charge in [-0.3, -0.25) is 0 Å². The van der Waals surface area contributed by atoms with E-state index in [9.17, 15) is 0 Å². The number of carbonyl (C=O) groups is 2. The summed E-state index contributed by atoms with van der Waals surface area (Å²) in [6.45, 7) is 4.00. The van der Waals surface area contributed by atoms with Crippen molar-refractivity contribution in [3.8, 4) is 0 Å². The summed E-state index contributed by atoms with van der Waals surface area (Å²) in [7, 11) is 0. The Bertz CT molecular complexity index is 311. The van der Waals surface area contributed by atoms with E-state index >= 15 is 0 Å². The maximum atomic E-state index is 8.00. The van der Waals surface area contributed by atoms with Crippen LogP contribution in [0.2, 0.25) is 0 Å². The minimum absolute atomic E-state index is 0.